The number of ether oxygens (including phenoxy) is 2. The third kappa shape index (κ3) is 7.81. The number of nitrogens with zero attached hydrogens (tertiary/aromatic N) is 4. The molecule has 0 fully saturated rings. The van der Waals surface area contributed by atoms with Crippen molar-refractivity contribution in [2.45, 2.75) is 102 Å². The molecule has 3 aliphatic heterocycles. The van der Waals surface area contributed by atoms with Gasteiger partial charge in [0.15, 0.2) is 0 Å². The lowest BCUT2D eigenvalue weighted by molar-refractivity contribution is -0.189. The van der Waals surface area contributed by atoms with E-state index in [0.29, 0.717) is 42.7 Å². The van der Waals surface area contributed by atoms with Gasteiger partial charge in [0.1, 0.15) is 12.6 Å². The van der Waals surface area contributed by atoms with Crippen LogP contribution in [0.5, 0.6) is 0 Å². The van der Waals surface area contributed by atoms with Crippen LogP contribution in [0.25, 0.3) is 22.3 Å². The summed E-state index contributed by atoms with van der Waals surface area (Å²) in [7, 11) is 0. The van der Waals surface area contributed by atoms with Gasteiger partial charge in [0, 0.05) is 24.1 Å². The zero-order valence-electron chi connectivity index (χ0n) is 30.3. The predicted molar refractivity (Wildman–Crippen MR) is 208 cm³/mol. The number of cyclic esters (lactones) is 1. The predicted octanol–water partition coefficient (Wildman–Crippen LogP) is 3.95. The summed E-state index contributed by atoms with van der Waals surface area (Å²) >= 11 is 0. The number of nitrogens with one attached hydrogen (secondary N) is 1. The molecule has 1 amide bonds. The molecule has 54 heavy (non-hydrogen) atoms. The number of nitrogens with two attached hydrogens (primary N) is 2. The summed E-state index contributed by atoms with van der Waals surface area (Å²) in [6, 6.07) is 5.06. The van der Waals surface area contributed by atoms with Crippen molar-refractivity contribution in [3.8, 4) is 11.4 Å². The van der Waals surface area contributed by atoms with Crippen LogP contribution in [0.1, 0.15) is 88.3 Å². The van der Waals surface area contributed by atoms with E-state index in [9.17, 15) is 29.1 Å². The van der Waals surface area contributed by atoms with Gasteiger partial charge in [-0.05, 0) is 56.8 Å². The molecule has 1 aromatic carbocycles. The third-order valence-electron chi connectivity index (χ3n) is 10.1. The second-order valence-corrected chi connectivity index (χ2v) is 13.5. The lowest BCUT2D eigenvalue weighted by Crippen LogP contribution is -2.49. The minimum absolute atomic E-state index is 0. The molecule has 15 nitrogen and oxygen atoms in total. The lowest BCUT2D eigenvalue weighted by atomic mass is 9.85. The average Bonchev–Trinajstić information content (AvgIpc) is 3.50. The quantitative estimate of drug-likeness (QED) is 0.0937. The second-order valence-electron chi connectivity index (χ2n) is 13.5. The number of anilines is 1. The van der Waals surface area contributed by atoms with Crippen molar-refractivity contribution in [3.05, 3.63) is 51.3 Å². The van der Waals surface area contributed by atoms with Crippen molar-refractivity contribution < 1.29 is 33.8 Å². The first-order chi connectivity index (χ1) is 25.0. The molecule has 3 aliphatic rings. The zero-order valence-corrected chi connectivity index (χ0v) is 31.9. The number of carbonyl (C=O) groups is 4. The summed E-state index contributed by atoms with van der Waals surface area (Å²) in [4.78, 5) is 77.5. The van der Waals surface area contributed by atoms with Crippen LogP contribution in [0.15, 0.2) is 34.1 Å². The zero-order chi connectivity index (χ0) is 37.2. The van der Waals surface area contributed by atoms with Crippen LogP contribution in [-0.2, 0) is 47.4 Å². The molecule has 5 heterocycles. The number of rotatable bonds is 16. The fraction of sp³-hybridized carbons (Fsp3) is 0.486. The molecule has 3 aromatic rings. The molecule has 292 valence electrons. The first-order valence-electron chi connectivity index (χ1n) is 18.0. The van der Waals surface area contributed by atoms with E-state index < -0.39 is 47.9 Å². The van der Waals surface area contributed by atoms with Gasteiger partial charge in [0.25, 0.3) is 5.56 Å². The molecule has 0 aliphatic carbocycles. The van der Waals surface area contributed by atoms with Gasteiger partial charge in [-0.2, -0.15) is 0 Å². The van der Waals surface area contributed by atoms with Crippen molar-refractivity contribution in [2.24, 2.45) is 16.5 Å². The number of aliphatic carboxylic acids is 1. The van der Waals surface area contributed by atoms with Gasteiger partial charge in [-0.15, -0.1) is 24.8 Å². The maximum Gasteiger partial charge on any atom is 0.355 e. The highest BCUT2D eigenvalue weighted by molar-refractivity contribution is 6.11. The highest BCUT2D eigenvalue weighted by Gasteiger charge is 2.50. The number of hydrogen-bond acceptors (Lipinski definition) is 12. The minimum Gasteiger partial charge on any atom is -0.480 e. The normalized spacial score (nSPS) is 17.3. The van der Waals surface area contributed by atoms with Crippen LogP contribution in [-0.4, -0.2) is 70.0 Å². The molecular formula is C37H47Cl2N7O8. The van der Waals surface area contributed by atoms with E-state index in [1.54, 1.807) is 17.6 Å². The number of aliphatic imine (C=N–C) groups is 1. The Kier molecular flexibility index (Phi) is 13.8. The Balaban J connectivity index is 0.00000325. The van der Waals surface area contributed by atoms with Crippen LogP contribution in [0.2, 0.25) is 0 Å². The number of carboxylic acid groups (broad SMARTS) is 1. The molecule has 2 aromatic heterocycles. The molecule has 6 N–H and O–H groups in total. The van der Waals surface area contributed by atoms with Crippen molar-refractivity contribution >= 4 is 77.2 Å². The number of fused-ring (bicyclic) bond motifs is 5. The number of hydrogen-bond donors (Lipinski definition) is 4. The summed E-state index contributed by atoms with van der Waals surface area (Å²) < 4.78 is 13.0. The van der Waals surface area contributed by atoms with Gasteiger partial charge in [0.05, 0.1) is 58.2 Å². The molecule has 3 atom stereocenters. The van der Waals surface area contributed by atoms with Crippen molar-refractivity contribution in [2.75, 3.05) is 18.0 Å². The number of carboxylic acids is 1. The van der Waals surface area contributed by atoms with Crippen LogP contribution >= 0.6 is 24.8 Å². The Morgan fingerprint density at radius 3 is 2.57 bits per heavy atom. The number of benzene rings is 1. The Labute approximate surface area is 324 Å². The topological polar surface area (TPSA) is 222 Å². The summed E-state index contributed by atoms with van der Waals surface area (Å²) in [6.07, 6.45) is 5.66. The van der Waals surface area contributed by atoms with E-state index in [1.807, 2.05) is 24.5 Å². The summed E-state index contributed by atoms with van der Waals surface area (Å²) in [6.45, 7) is 4.91. The number of pyridine rings is 2. The fourth-order valence-corrected chi connectivity index (χ4v) is 7.24. The first-order valence-corrected chi connectivity index (χ1v) is 18.0. The lowest BCUT2D eigenvalue weighted by Gasteiger charge is -2.35. The van der Waals surface area contributed by atoms with Crippen LogP contribution < -0.4 is 27.2 Å². The number of esters is 2. The minimum atomic E-state index is -1.97. The Hall–Kier alpha value is -4.57. The van der Waals surface area contributed by atoms with Gasteiger partial charge in [0.2, 0.25) is 11.5 Å². The van der Waals surface area contributed by atoms with Gasteiger partial charge in [-0.25, -0.2) is 19.6 Å². The van der Waals surface area contributed by atoms with Crippen molar-refractivity contribution in [3.63, 3.8) is 0 Å². The van der Waals surface area contributed by atoms with E-state index in [-0.39, 0.29) is 67.5 Å². The van der Waals surface area contributed by atoms with E-state index in [4.69, 9.17) is 30.9 Å². The molecule has 0 saturated heterocycles. The average molecular weight is 789 g/mol. The molecular weight excluding hydrogens is 741 g/mol. The van der Waals surface area contributed by atoms with E-state index in [1.165, 1.54) is 0 Å². The number of amides is 1. The van der Waals surface area contributed by atoms with Crippen LogP contribution in [0.4, 0.5) is 11.4 Å². The Morgan fingerprint density at radius 2 is 1.87 bits per heavy atom. The molecule has 17 heteroatoms. The molecule has 0 radical (unpaired) electrons. The van der Waals surface area contributed by atoms with E-state index >= 15 is 0 Å². The fourth-order valence-electron chi connectivity index (χ4n) is 7.24. The highest BCUT2D eigenvalue weighted by atomic mass is 35.5. The Bertz CT molecular complexity index is 2020. The smallest absolute Gasteiger partial charge is 0.355 e. The maximum atomic E-state index is 14.2. The number of halogens is 2. The van der Waals surface area contributed by atoms with Crippen LogP contribution in [0.3, 0.4) is 0 Å². The second kappa shape index (κ2) is 17.7. The number of carbonyl (C=O) groups excluding carboxylic acids is 3. The SMILES string of the molecule is CCCCCN1C=Nc2cccc3nc4c(c1c23)Cn1c-4cc2c(c1=O)COC(=O)[C@@]2(CC)OC(=O)CC[C@@H](NC(=O)[C@@H](N)CCCCN)C(=O)O.Cl.Cl. The summed E-state index contributed by atoms with van der Waals surface area (Å²) in [5, 5.41) is 13.1. The van der Waals surface area contributed by atoms with Gasteiger partial charge in [-0.3, -0.25) is 14.4 Å². The molecule has 6 rings (SSSR count). The molecule has 0 unspecified atom stereocenters. The van der Waals surface area contributed by atoms with Gasteiger partial charge in [-0.1, -0.05) is 39.2 Å². The van der Waals surface area contributed by atoms with Crippen molar-refractivity contribution in [1.29, 1.82) is 0 Å². The van der Waals surface area contributed by atoms with Crippen LogP contribution in [0, 0.1) is 0 Å². The maximum absolute atomic E-state index is 14.2. The van der Waals surface area contributed by atoms with E-state index in [2.05, 4.69) is 17.1 Å². The molecule has 0 bridgehead atoms. The first kappa shape index (κ1) is 42.2. The van der Waals surface area contributed by atoms with Crippen molar-refractivity contribution in [1.82, 2.24) is 14.9 Å². The van der Waals surface area contributed by atoms with Gasteiger partial charge >= 0.3 is 17.9 Å². The summed E-state index contributed by atoms with van der Waals surface area (Å²) in [5.74, 6) is -3.75. The highest BCUT2D eigenvalue weighted by Crippen LogP contribution is 2.47. The van der Waals surface area contributed by atoms with Gasteiger partial charge < -0.3 is 40.8 Å². The van der Waals surface area contributed by atoms with E-state index in [0.717, 1.165) is 48.1 Å². The summed E-state index contributed by atoms with van der Waals surface area (Å²) in [5.41, 5.74) is 13.8. The molecule has 0 saturated carbocycles. The largest absolute Gasteiger partial charge is 0.480 e. The number of unbranched alkanes of at least 4 members (excludes halogenated alkanes) is 3. The monoisotopic (exact) mass is 787 g/mol. The third-order valence-corrected chi connectivity index (χ3v) is 10.1. The Morgan fingerprint density at radius 1 is 1.09 bits per heavy atom. The molecule has 0 spiro atoms. The standard InChI is InChI=1S/C37H45N7O8.2ClH/c1-3-5-8-16-43-20-40-25-11-9-12-26-30(25)32(43)21-18-44-28(31(21)41-26)17-23-22(34(44)47)19-51-36(50)37(23,4-2)52-29(45)14-13-27(35(48)49)42-33(46)24(39)10-6-7-15-38;;/h9,11-12,17,20,24,27H,3-8,10,13-16,18-19,38-39H2,1-2H3,(H,42,46)(H,48,49);2*1H/t24-,27+,37-;;/m0../s1. The number of aromatic nitrogens is 2.